The molecule has 0 aromatic heterocycles. The maximum atomic E-state index is 10.4. The molecule has 0 atom stereocenters. The van der Waals surface area contributed by atoms with E-state index in [1.165, 1.54) is 24.3 Å². The number of benzene rings is 5. The Morgan fingerprint density at radius 1 is 0.409 bits per heavy atom. The molecule has 0 amide bonds. The molecule has 6 nitrogen and oxygen atoms in total. The van der Waals surface area contributed by atoms with Gasteiger partial charge < -0.3 is 18.9 Å². The van der Waals surface area contributed by atoms with Crippen LogP contribution >= 0.6 is 69.6 Å². The number of rotatable bonds is 8. The Labute approximate surface area is 281 Å². The van der Waals surface area contributed by atoms with Crippen molar-refractivity contribution in [3.05, 3.63) is 126 Å². The van der Waals surface area contributed by atoms with Crippen LogP contribution in [-0.2, 0) is 0 Å². The Balaban J connectivity index is 1.89. The molecule has 0 spiro atoms. The highest BCUT2D eigenvalue weighted by atomic mass is 35.5. The molecule has 5 rings (SSSR count). The molecule has 0 aliphatic rings. The zero-order valence-electron chi connectivity index (χ0n) is 21.9. The van der Waals surface area contributed by atoms with E-state index >= 15 is 0 Å². The van der Waals surface area contributed by atoms with Gasteiger partial charge in [0.05, 0.1) is 20.1 Å². The van der Waals surface area contributed by atoms with E-state index in [1.54, 1.807) is 60.7 Å². The Hall–Kier alpha value is -3.98. The van der Waals surface area contributed by atoms with Gasteiger partial charge in [0.2, 0.25) is 11.5 Å². The van der Waals surface area contributed by atoms with Crippen molar-refractivity contribution in [3.8, 4) is 58.1 Å². The Morgan fingerprint density at radius 3 is 1.11 bits per heavy atom. The standard InChI is InChI=1S/C32H14Cl6N2O4/c33-17-9-11-23(37)27(13-17)43-31-29(41-25-7-3-1-5-21(25)35)19(15-39)20(16-40)30(42-26-8-4-2-6-22(26)36)32(31)44-28-14-18(34)10-12-24(28)38/h1-14H. The third kappa shape index (κ3) is 6.73. The molecule has 5 aromatic carbocycles. The molecule has 0 unspecified atom stereocenters. The highest BCUT2D eigenvalue weighted by Crippen LogP contribution is 2.56. The summed E-state index contributed by atoms with van der Waals surface area (Å²) in [5.74, 6) is -0.553. The van der Waals surface area contributed by atoms with Crippen LogP contribution in [0.15, 0.2) is 84.9 Å². The van der Waals surface area contributed by atoms with Crippen molar-refractivity contribution in [1.82, 2.24) is 0 Å². The van der Waals surface area contributed by atoms with Crippen LogP contribution in [0.1, 0.15) is 11.1 Å². The molecule has 0 aliphatic carbocycles. The first kappa shape index (κ1) is 31.4. The summed E-state index contributed by atoms with van der Waals surface area (Å²) in [6.45, 7) is 0. The van der Waals surface area contributed by atoms with Crippen LogP contribution in [0.3, 0.4) is 0 Å². The number of hydrogen-bond acceptors (Lipinski definition) is 6. The third-order valence-electron chi connectivity index (χ3n) is 5.85. The average Bonchev–Trinajstić information content (AvgIpc) is 3.01. The molecule has 0 aliphatic heterocycles. The Morgan fingerprint density at radius 2 is 0.750 bits per heavy atom. The number of hydrogen-bond donors (Lipinski definition) is 0. The van der Waals surface area contributed by atoms with Crippen molar-refractivity contribution < 1.29 is 18.9 Å². The zero-order valence-corrected chi connectivity index (χ0v) is 26.4. The van der Waals surface area contributed by atoms with Gasteiger partial charge in [-0.15, -0.1) is 0 Å². The second kappa shape index (κ2) is 13.8. The number of ether oxygens (including phenoxy) is 4. The van der Waals surface area contributed by atoms with Gasteiger partial charge in [0.1, 0.15) is 46.3 Å². The molecule has 44 heavy (non-hydrogen) atoms. The van der Waals surface area contributed by atoms with Gasteiger partial charge in [0.15, 0.2) is 11.5 Å². The lowest BCUT2D eigenvalue weighted by Crippen LogP contribution is -2.04. The van der Waals surface area contributed by atoms with Crippen LogP contribution in [0, 0.1) is 22.7 Å². The fourth-order valence-electron chi connectivity index (χ4n) is 3.86. The topological polar surface area (TPSA) is 84.5 Å². The van der Waals surface area contributed by atoms with Crippen LogP contribution in [-0.4, -0.2) is 0 Å². The molecule has 12 heteroatoms. The van der Waals surface area contributed by atoms with Crippen LogP contribution in [0.2, 0.25) is 30.1 Å². The number of nitrogens with zero attached hydrogens (tertiary/aromatic N) is 2. The van der Waals surface area contributed by atoms with E-state index in [9.17, 15) is 10.5 Å². The summed E-state index contributed by atoms with van der Waals surface area (Å²) in [5, 5.41) is 22.1. The first-order valence-corrected chi connectivity index (χ1v) is 14.6. The molecule has 0 bridgehead atoms. The van der Waals surface area contributed by atoms with Gasteiger partial charge in [-0.1, -0.05) is 93.9 Å². The van der Waals surface area contributed by atoms with Gasteiger partial charge in [0.25, 0.3) is 0 Å². The van der Waals surface area contributed by atoms with E-state index in [4.69, 9.17) is 88.6 Å². The van der Waals surface area contributed by atoms with Gasteiger partial charge in [-0.05, 0) is 48.5 Å². The lowest BCUT2D eigenvalue weighted by atomic mass is 10.0. The van der Waals surface area contributed by atoms with Gasteiger partial charge in [-0.25, -0.2) is 0 Å². The molecule has 0 fully saturated rings. The van der Waals surface area contributed by atoms with Crippen LogP contribution in [0.4, 0.5) is 0 Å². The van der Waals surface area contributed by atoms with E-state index < -0.39 is 0 Å². The number of para-hydroxylation sites is 2. The first-order valence-electron chi connectivity index (χ1n) is 12.3. The van der Waals surface area contributed by atoms with Crippen molar-refractivity contribution in [2.24, 2.45) is 0 Å². The molecule has 0 radical (unpaired) electrons. The van der Waals surface area contributed by atoms with Crippen molar-refractivity contribution in [2.75, 3.05) is 0 Å². The van der Waals surface area contributed by atoms with Gasteiger partial charge in [0, 0.05) is 22.2 Å². The van der Waals surface area contributed by atoms with Crippen LogP contribution in [0.5, 0.6) is 46.0 Å². The molecule has 5 aromatic rings. The summed E-state index contributed by atoms with van der Waals surface area (Å²) in [6, 6.07) is 26.1. The molecular formula is C32H14Cl6N2O4. The lowest BCUT2D eigenvalue weighted by Gasteiger charge is -2.23. The third-order valence-corrected chi connectivity index (χ3v) is 7.57. The van der Waals surface area contributed by atoms with E-state index in [0.29, 0.717) is 10.0 Å². The van der Waals surface area contributed by atoms with E-state index in [2.05, 4.69) is 0 Å². The number of nitriles is 2. The second-order valence-electron chi connectivity index (χ2n) is 8.71. The minimum atomic E-state index is -0.271. The SMILES string of the molecule is N#Cc1c(C#N)c(Oc2ccccc2Cl)c(Oc2cc(Cl)ccc2Cl)c(Oc2cc(Cl)ccc2Cl)c1Oc1ccccc1Cl. The molecule has 0 saturated carbocycles. The predicted molar refractivity (Wildman–Crippen MR) is 172 cm³/mol. The predicted octanol–water partition coefficient (Wildman–Crippen LogP) is 12.5. The maximum Gasteiger partial charge on any atom is 0.217 e. The summed E-state index contributed by atoms with van der Waals surface area (Å²) < 4.78 is 25.0. The highest BCUT2D eigenvalue weighted by molar-refractivity contribution is 6.35. The van der Waals surface area contributed by atoms with Crippen molar-refractivity contribution in [1.29, 1.82) is 10.5 Å². The highest BCUT2D eigenvalue weighted by Gasteiger charge is 2.33. The lowest BCUT2D eigenvalue weighted by molar-refractivity contribution is 0.365. The molecular weight excluding hydrogens is 689 g/mol. The minimum Gasteiger partial charge on any atom is -0.450 e. The second-order valence-corrected chi connectivity index (χ2v) is 11.2. The molecule has 0 saturated heterocycles. The Kier molecular flexibility index (Phi) is 9.84. The summed E-state index contributed by atoms with van der Waals surface area (Å²) in [5.41, 5.74) is -0.542. The van der Waals surface area contributed by atoms with Gasteiger partial charge >= 0.3 is 0 Å². The maximum absolute atomic E-state index is 10.4. The smallest absolute Gasteiger partial charge is 0.217 e. The van der Waals surface area contributed by atoms with Crippen LogP contribution < -0.4 is 18.9 Å². The normalized spacial score (nSPS) is 10.5. The zero-order chi connectivity index (χ0) is 31.4. The molecule has 218 valence electrons. The summed E-state index contributed by atoms with van der Waals surface area (Å²) in [4.78, 5) is 0. The van der Waals surface area contributed by atoms with Crippen molar-refractivity contribution >= 4 is 69.6 Å². The fraction of sp³-hybridized carbons (Fsp3) is 0. The van der Waals surface area contributed by atoms with E-state index in [-0.39, 0.29) is 77.2 Å². The summed E-state index contributed by atoms with van der Waals surface area (Å²) in [7, 11) is 0. The monoisotopic (exact) mass is 700 g/mol. The quantitative estimate of drug-likeness (QED) is 0.160. The fourth-order valence-corrected chi connectivity index (χ4v) is 4.84. The van der Waals surface area contributed by atoms with E-state index in [1.807, 2.05) is 12.1 Å². The van der Waals surface area contributed by atoms with Gasteiger partial charge in [-0.2, -0.15) is 10.5 Å². The summed E-state index contributed by atoms with van der Waals surface area (Å²) >= 11 is 38.3. The van der Waals surface area contributed by atoms with Crippen LogP contribution in [0.25, 0.3) is 0 Å². The van der Waals surface area contributed by atoms with E-state index in [0.717, 1.165) is 0 Å². The first-order chi connectivity index (χ1) is 21.2. The largest absolute Gasteiger partial charge is 0.450 e. The molecule has 0 heterocycles. The Bertz CT molecular complexity index is 1850. The molecule has 0 N–H and O–H groups in total. The minimum absolute atomic E-state index is 0.0579. The van der Waals surface area contributed by atoms with Crippen molar-refractivity contribution in [2.45, 2.75) is 0 Å². The average molecular weight is 703 g/mol. The van der Waals surface area contributed by atoms with Crippen molar-refractivity contribution in [3.63, 3.8) is 0 Å². The van der Waals surface area contributed by atoms with Gasteiger partial charge in [-0.3, -0.25) is 0 Å². The summed E-state index contributed by atoms with van der Waals surface area (Å²) in [6.07, 6.45) is 0. The number of halogens is 6.